The molecule has 0 fully saturated rings. The van der Waals surface area contributed by atoms with Gasteiger partial charge in [0.1, 0.15) is 0 Å². The summed E-state index contributed by atoms with van der Waals surface area (Å²) in [5.74, 6) is 0. The molecule has 8 aromatic carbocycles. The molecule has 14 aromatic rings. The highest BCUT2D eigenvalue weighted by Crippen LogP contribution is 2.46. The van der Waals surface area contributed by atoms with E-state index >= 15 is 0 Å². The van der Waals surface area contributed by atoms with Gasteiger partial charge in [0.15, 0.2) is 0 Å². The Morgan fingerprint density at radius 3 is 0.941 bits per heavy atom. The summed E-state index contributed by atoms with van der Waals surface area (Å²) < 4.78 is 9.70. The molecule has 4 heteroatoms. The first-order valence-corrected chi connectivity index (χ1v) is 23.3. The number of benzene rings is 8. The maximum Gasteiger partial charge on any atom is 0.0803 e. The average Bonchev–Trinajstić information content (AvgIpc) is 4.14. The molecule has 318 valence electrons. The van der Waals surface area contributed by atoms with Crippen LogP contribution in [0.1, 0.15) is 0 Å². The summed E-state index contributed by atoms with van der Waals surface area (Å²) in [4.78, 5) is 0. The van der Waals surface area contributed by atoms with Crippen LogP contribution in [0.25, 0.3) is 122 Å². The largest absolute Gasteiger partial charge is 0.314 e. The fraction of sp³-hybridized carbons (Fsp3) is 0. The third kappa shape index (κ3) is 5.81. The first-order valence-electron chi connectivity index (χ1n) is 23.3. The van der Waals surface area contributed by atoms with Gasteiger partial charge in [-0.25, -0.2) is 0 Å². The maximum atomic E-state index is 2.47. The molecule has 0 amide bonds. The smallest absolute Gasteiger partial charge is 0.0803 e. The minimum Gasteiger partial charge on any atom is -0.314 e. The van der Waals surface area contributed by atoms with Gasteiger partial charge in [0.25, 0.3) is 0 Å². The fourth-order valence-electron chi connectivity index (χ4n) is 11.0. The van der Waals surface area contributed by atoms with Crippen LogP contribution >= 0.6 is 0 Å². The molecule has 0 saturated heterocycles. The monoisotopic (exact) mass is 866 g/mol. The molecular weight excluding hydrogens is 825 g/mol. The average molecular weight is 867 g/mol. The van der Waals surface area contributed by atoms with Gasteiger partial charge in [0.2, 0.25) is 0 Å². The number of fused-ring (bicyclic) bond motifs is 10. The van der Waals surface area contributed by atoms with Crippen LogP contribution in [0, 0.1) is 0 Å². The normalized spacial score (nSPS) is 11.8. The minimum atomic E-state index is 1.13. The Bertz CT molecular complexity index is 3920. The predicted octanol–water partition coefficient (Wildman–Crippen LogP) is 16.7. The summed E-state index contributed by atoms with van der Waals surface area (Å²) in [6.07, 6.45) is 4.42. The van der Waals surface area contributed by atoms with Gasteiger partial charge in [-0.15, -0.1) is 0 Å². The number of hydrogen-bond donors (Lipinski definition) is 0. The Morgan fingerprint density at radius 2 is 0.559 bits per heavy atom. The van der Waals surface area contributed by atoms with E-state index in [-0.39, 0.29) is 0 Å². The van der Waals surface area contributed by atoms with Crippen molar-refractivity contribution in [2.24, 2.45) is 0 Å². The number of pyridine rings is 2. The van der Waals surface area contributed by atoms with E-state index in [4.69, 9.17) is 0 Å². The Kier molecular flexibility index (Phi) is 8.55. The van der Waals surface area contributed by atoms with Crippen LogP contribution in [0.5, 0.6) is 0 Å². The van der Waals surface area contributed by atoms with E-state index in [0.717, 1.165) is 11.4 Å². The molecule has 0 bridgehead atoms. The molecule has 68 heavy (non-hydrogen) atoms. The summed E-state index contributed by atoms with van der Waals surface area (Å²) in [5, 5.41) is 4.91. The summed E-state index contributed by atoms with van der Waals surface area (Å²) in [7, 11) is 0. The van der Waals surface area contributed by atoms with Crippen LogP contribution in [-0.4, -0.2) is 17.9 Å². The Morgan fingerprint density at radius 1 is 0.235 bits per heavy atom. The topological polar surface area (TPSA) is 18.7 Å². The molecule has 0 N–H and O–H groups in total. The first-order chi connectivity index (χ1) is 33.8. The van der Waals surface area contributed by atoms with Crippen molar-refractivity contribution in [2.75, 3.05) is 0 Å². The lowest BCUT2D eigenvalue weighted by Crippen LogP contribution is -1.95. The van der Waals surface area contributed by atoms with Gasteiger partial charge in [-0.3, -0.25) is 0 Å². The van der Waals surface area contributed by atoms with Crippen molar-refractivity contribution in [3.05, 3.63) is 255 Å². The summed E-state index contributed by atoms with van der Waals surface area (Å²) in [6, 6.07) is 88.4. The quantitative estimate of drug-likeness (QED) is 0.152. The fourth-order valence-corrected chi connectivity index (χ4v) is 11.0. The SMILES string of the molecule is c1ccc(-c2ccc(-n3c4ccc(-c5ccc6c(c5)c5c(-c7ccccc7)n7ccccc7c5n6-c5ccc(-c6ccccc6)cc5)cc4c4c(-c5ccccc5)n5ccccc5c43)cc2)cc1. The molecule has 0 aliphatic heterocycles. The standard InChI is InChI=1S/C64H42N4/c1-5-17-43(18-6-1)45-27-33-51(34-28-45)67-55-37-31-49(41-53(55)59-61(47-21-9-3-10-22-47)65-39-15-13-25-57(65)63(59)67)50-32-38-56-54(42-50)60-62(48-23-11-4-12-24-48)66-40-16-14-26-58(66)64(60)68(56)52-35-29-46(30-36-52)44-19-7-2-8-20-44/h1-42H. The molecule has 0 spiro atoms. The zero-order chi connectivity index (χ0) is 44.7. The van der Waals surface area contributed by atoms with Crippen LogP contribution < -0.4 is 0 Å². The van der Waals surface area contributed by atoms with Crippen molar-refractivity contribution in [2.45, 2.75) is 0 Å². The Labute approximate surface area is 393 Å². The van der Waals surface area contributed by atoms with Crippen LogP contribution in [0.3, 0.4) is 0 Å². The van der Waals surface area contributed by atoms with Gasteiger partial charge >= 0.3 is 0 Å². The van der Waals surface area contributed by atoms with E-state index in [1.807, 2.05) is 0 Å². The second-order valence-corrected chi connectivity index (χ2v) is 17.7. The van der Waals surface area contributed by atoms with Gasteiger partial charge in [0, 0.05) is 45.3 Å². The highest BCUT2D eigenvalue weighted by molar-refractivity contribution is 6.23. The third-order valence-electron chi connectivity index (χ3n) is 14.0. The lowest BCUT2D eigenvalue weighted by molar-refractivity contribution is 1.17. The lowest BCUT2D eigenvalue weighted by atomic mass is 9.99. The lowest BCUT2D eigenvalue weighted by Gasteiger charge is -2.12. The van der Waals surface area contributed by atoms with Gasteiger partial charge in [0.05, 0.1) is 44.5 Å². The van der Waals surface area contributed by atoms with E-state index in [1.165, 1.54) is 111 Å². The van der Waals surface area contributed by atoms with Crippen LogP contribution in [0.4, 0.5) is 0 Å². The van der Waals surface area contributed by atoms with E-state index in [9.17, 15) is 0 Å². The molecule has 0 aliphatic carbocycles. The molecule has 14 rings (SSSR count). The first kappa shape index (κ1) is 38.2. The number of nitrogens with zero attached hydrogens (tertiary/aromatic N) is 4. The van der Waals surface area contributed by atoms with Crippen molar-refractivity contribution in [3.63, 3.8) is 0 Å². The number of aromatic nitrogens is 4. The van der Waals surface area contributed by atoms with Crippen molar-refractivity contribution in [3.8, 4) is 67.3 Å². The molecule has 6 aromatic heterocycles. The second-order valence-electron chi connectivity index (χ2n) is 17.7. The zero-order valence-corrected chi connectivity index (χ0v) is 37.0. The van der Waals surface area contributed by atoms with E-state index in [0.29, 0.717) is 0 Å². The molecule has 0 aliphatic rings. The third-order valence-corrected chi connectivity index (χ3v) is 14.0. The molecule has 6 heterocycles. The predicted molar refractivity (Wildman–Crippen MR) is 284 cm³/mol. The Hall–Kier alpha value is -9.12. The molecule has 0 unspecified atom stereocenters. The van der Waals surface area contributed by atoms with Crippen LogP contribution in [-0.2, 0) is 0 Å². The molecular formula is C64H42N4. The summed E-state index contributed by atoms with van der Waals surface area (Å²) >= 11 is 0. The number of rotatable bonds is 7. The van der Waals surface area contributed by atoms with E-state index < -0.39 is 0 Å². The molecule has 0 radical (unpaired) electrons. The Balaban J connectivity index is 1.03. The van der Waals surface area contributed by atoms with Gasteiger partial charge < -0.3 is 17.9 Å². The molecule has 0 atom stereocenters. The second kappa shape index (κ2) is 15.2. The zero-order valence-electron chi connectivity index (χ0n) is 37.0. The highest BCUT2D eigenvalue weighted by atomic mass is 15.0. The minimum absolute atomic E-state index is 1.13. The summed E-state index contributed by atoms with van der Waals surface area (Å²) in [5.41, 5.74) is 21.3. The van der Waals surface area contributed by atoms with Gasteiger partial charge in [-0.05, 0) is 117 Å². The molecule has 4 nitrogen and oxygen atoms in total. The van der Waals surface area contributed by atoms with Gasteiger partial charge in [-0.1, -0.05) is 170 Å². The maximum absolute atomic E-state index is 2.47. The van der Waals surface area contributed by atoms with E-state index in [1.54, 1.807) is 0 Å². The highest BCUT2D eigenvalue weighted by Gasteiger charge is 2.26. The van der Waals surface area contributed by atoms with Crippen molar-refractivity contribution in [1.29, 1.82) is 0 Å². The van der Waals surface area contributed by atoms with Gasteiger partial charge in [-0.2, -0.15) is 0 Å². The summed E-state index contributed by atoms with van der Waals surface area (Å²) in [6.45, 7) is 0. The van der Waals surface area contributed by atoms with Crippen LogP contribution in [0.15, 0.2) is 255 Å². The van der Waals surface area contributed by atoms with Crippen LogP contribution in [0.2, 0.25) is 0 Å². The number of hydrogen-bond acceptors (Lipinski definition) is 0. The molecule has 0 saturated carbocycles. The van der Waals surface area contributed by atoms with E-state index in [2.05, 4.69) is 273 Å². The van der Waals surface area contributed by atoms with Crippen molar-refractivity contribution < 1.29 is 0 Å². The van der Waals surface area contributed by atoms with Crippen molar-refractivity contribution >= 4 is 54.6 Å². The van der Waals surface area contributed by atoms with Crippen molar-refractivity contribution in [1.82, 2.24) is 17.9 Å².